The van der Waals surface area contributed by atoms with Crippen molar-refractivity contribution < 1.29 is 28.3 Å². The highest BCUT2D eigenvalue weighted by Gasteiger charge is 2.49. The zero-order valence-electron chi connectivity index (χ0n) is 24.2. The van der Waals surface area contributed by atoms with E-state index in [1.807, 2.05) is 6.07 Å². The standard InChI is InChI=1S/C32H37N3O6S/c1-38-23-13-19(29(36)39-2)14-24-26(23)33-31(42-24)35-20-5-6-21(35)16-22(15-20)40-30(37)25-27(18-3-4-18)41-34-28(25)32-10-7-17(8-11-32)9-12-32/h13-14,17-18,20-22H,3-12,15-16H2,1-2H3. The van der Waals surface area contributed by atoms with Crippen LogP contribution in [0.4, 0.5) is 5.13 Å². The first-order chi connectivity index (χ1) is 20.5. The number of ether oxygens (including phenoxy) is 3. The van der Waals surface area contributed by atoms with E-state index < -0.39 is 5.97 Å². The van der Waals surface area contributed by atoms with E-state index in [0.717, 1.165) is 90.5 Å². The molecule has 0 N–H and O–H groups in total. The first kappa shape index (κ1) is 26.5. The molecule has 4 saturated carbocycles. The first-order valence-electron chi connectivity index (χ1n) is 15.5. The summed E-state index contributed by atoms with van der Waals surface area (Å²) < 4.78 is 23.7. The van der Waals surface area contributed by atoms with Gasteiger partial charge in [-0.15, -0.1) is 0 Å². The van der Waals surface area contributed by atoms with Crippen molar-refractivity contribution in [2.75, 3.05) is 19.1 Å². The number of carbonyl (C=O) groups excluding carboxylic acids is 2. The van der Waals surface area contributed by atoms with Crippen molar-refractivity contribution >= 4 is 38.6 Å². The van der Waals surface area contributed by atoms with E-state index in [4.69, 9.17) is 23.7 Å². The van der Waals surface area contributed by atoms with Crippen molar-refractivity contribution in [3.8, 4) is 5.75 Å². The van der Waals surface area contributed by atoms with Gasteiger partial charge < -0.3 is 23.6 Å². The first-order valence-corrected chi connectivity index (χ1v) is 16.3. The molecule has 4 aliphatic carbocycles. The predicted molar refractivity (Wildman–Crippen MR) is 157 cm³/mol. The molecule has 2 saturated heterocycles. The summed E-state index contributed by atoms with van der Waals surface area (Å²) in [6, 6.07) is 3.99. The number of anilines is 1. The fourth-order valence-electron chi connectivity index (χ4n) is 8.33. The minimum atomic E-state index is -0.399. The highest BCUT2D eigenvalue weighted by molar-refractivity contribution is 7.22. The fraction of sp³-hybridized carbons (Fsp3) is 0.625. The van der Waals surface area contributed by atoms with Crippen molar-refractivity contribution in [2.45, 2.75) is 107 Å². The van der Waals surface area contributed by atoms with Gasteiger partial charge in [-0.1, -0.05) is 16.5 Å². The molecule has 2 aromatic heterocycles. The fourth-order valence-corrected chi connectivity index (χ4v) is 9.49. The van der Waals surface area contributed by atoms with Gasteiger partial charge in [0.25, 0.3) is 0 Å². The molecule has 0 spiro atoms. The second-order valence-corrected chi connectivity index (χ2v) is 14.1. The largest absolute Gasteiger partial charge is 0.494 e. The molecule has 0 amide bonds. The molecule has 0 radical (unpaired) electrons. The van der Waals surface area contributed by atoms with Crippen LogP contribution in [0.2, 0.25) is 0 Å². The third-order valence-corrected chi connectivity index (χ3v) is 11.8. The summed E-state index contributed by atoms with van der Waals surface area (Å²) >= 11 is 1.57. The van der Waals surface area contributed by atoms with Crippen LogP contribution in [0.1, 0.15) is 115 Å². The van der Waals surface area contributed by atoms with Crippen LogP contribution < -0.4 is 9.64 Å². The Bertz CT molecular complexity index is 1520. The minimum Gasteiger partial charge on any atom is -0.494 e. The number of fused-ring (bicyclic) bond motifs is 6. The molecule has 4 heterocycles. The summed E-state index contributed by atoms with van der Waals surface area (Å²) in [5.74, 6) is 1.85. The van der Waals surface area contributed by atoms with E-state index in [-0.39, 0.29) is 29.6 Å². The Hall–Kier alpha value is -3.14. The Kier molecular flexibility index (Phi) is 6.28. The van der Waals surface area contributed by atoms with E-state index in [1.54, 1.807) is 24.5 Å². The Morgan fingerprint density at radius 2 is 1.69 bits per heavy atom. The lowest BCUT2D eigenvalue weighted by molar-refractivity contribution is 0.0195. The van der Waals surface area contributed by atoms with Gasteiger partial charge in [-0.3, -0.25) is 0 Å². The highest BCUT2D eigenvalue weighted by atomic mass is 32.1. The van der Waals surface area contributed by atoms with Gasteiger partial charge in [0, 0.05) is 36.3 Å². The average Bonchev–Trinajstić information content (AvgIpc) is 3.50. The van der Waals surface area contributed by atoms with Crippen LogP contribution in [0.15, 0.2) is 16.7 Å². The SMILES string of the molecule is COC(=O)c1cc(OC)c2nc(N3C4CCC3CC(OC(=O)c3c(C56CCC(CC5)CC6)noc3C3CC3)C4)sc2c1. The van der Waals surface area contributed by atoms with Crippen molar-refractivity contribution in [1.82, 2.24) is 10.1 Å². The third kappa shape index (κ3) is 4.23. The molecule has 2 atom stereocenters. The molecule has 222 valence electrons. The Labute approximate surface area is 248 Å². The molecule has 2 aliphatic heterocycles. The van der Waals surface area contributed by atoms with Crippen LogP contribution in [-0.4, -0.2) is 54.5 Å². The van der Waals surface area contributed by atoms with Crippen molar-refractivity contribution in [2.24, 2.45) is 5.92 Å². The molecular weight excluding hydrogens is 554 g/mol. The number of carbonyl (C=O) groups is 2. The molecule has 9 nitrogen and oxygen atoms in total. The molecular formula is C32H37N3O6S. The topological polar surface area (TPSA) is 104 Å². The van der Waals surface area contributed by atoms with Gasteiger partial charge in [0.2, 0.25) is 0 Å². The maximum absolute atomic E-state index is 13.9. The smallest absolute Gasteiger partial charge is 0.344 e. The molecule has 3 aromatic rings. The van der Waals surface area contributed by atoms with Gasteiger partial charge in [0.1, 0.15) is 28.6 Å². The second kappa shape index (κ2) is 9.96. The van der Waals surface area contributed by atoms with E-state index in [0.29, 0.717) is 22.8 Å². The number of hydrogen-bond donors (Lipinski definition) is 0. The highest BCUT2D eigenvalue weighted by Crippen LogP contribution is 2.54. The Morgan fingerprint density at radius 3 is 2.33 bits per heavy atom. The van der Waals surface area contributed by atoms with Crippen LogP contribution in [0, 0.1) is 5.92 Å². The number of benzene rings is 1. The lowest BCUT2D eigenvalue weighted by atomic mass is 9.59. The van der Waals surface area contributed by atoms with Crippen LogP contribution in [-0.2, 0) is 14.9 Å². The number of nitrogens with zero attached hydrogens (tertiary/aromatic N) is 3. The minimum absolute atomic E-state index is 0.0240. The lowest BCUT2D eigenvalue weighted by Crippen LogP contribution is -2.46. The van der Waals surface area contributed by atoms with E-state index in [2.05, 4.69) is 10.1 Å². The van der Waals surface area contributed by atoms with Crippen LogP contribution in [0.3, 0.4) is 0 Å². The molecule has 9 rings (SSSR count). The van der Waals surface area contributed by atoms with Crippen molar-refractivity contribution in [3.05, 3.63) is 34.7 Å². The summed E-state index contributed by atoms with van der Waals surface area (Å²) in [6.45, 7) is 0. The van der Waals surface area contributed by atoms with E-state index in [1.165, 1.54) is 26.4 Å². The van der Waals surface area contributed by atoms with Crippen molar-refractivity contribution in [3.63, 3.8) is 0 Å². The zero-order valence-corrected chi connectivity index (χ0v) is 25.0. The summed E-state index contributed by atoms with van der Waals surface area (Å²) in [6.07, 6.45) is 12.6. The van der Waals surface area contributed by atoms with Gasteiger partial charge in [-0.05, 0) is 82.3 Å². The molecule has 42 heavy (non-hydrogen) atoms. The van der Waals surface area contributed by atoms with Crippen LogP contribution >= 0.6 is 11.3 Å². The van der Waals surface area contributed by atoms with Gasteiger partial charge in [-0.25, -0.2) is 14.6 Å². The quantitative estimate of drug-likeness (QED) is 0.283. The van der Waals surface area contributed by atoms with E-state index in [9.17, 15) is 9.59 Å². The monoisotopic (exact) mass is 591 g/mol. The number of thiazole rings is 1. The Balaban J connectivity index is 1.03. The number of esters is 2. The van der Waals surface area contributed by atoms with Gasteiger partial charge in [0.05, 0.1) is 24.5 Å². The number of aromatic nitrogens is 2. The maximum Gasteiger partial charge on any atom is 0.344 e. The van der Waals surface area contributed by atoms with E-state index >= 15 is 0 Å². The summed E-state index contributed by atoms with van der Waals surface area (Å²) in [5, 5.41) is 5.53. The molecule has 6 fully saturated rings. The molecule has 4 bridgehead atoms. The molecule has 1 aromatic carbocycles. The number of hydrogen-bond acceptors (Lipinski definition) is 10. The number of rotatable bonds is 7. The van der Waals surface area contributed by atoms with Crippen LogP contribution in [0.25, 0.3) is 10.2 Å². The average molecular weight is 592 g/mol. The summed E-state index contributed by atoms with van der Waals surface area (Å²) in [7, 11) is 2.97. The second-order valence-electron chi connectivity index (χ2n) is 13.1. The maximum atomic E-state index is 13.9. The number of piperidine rings is 1. The number of methoxy groups -OCH3 is 2. The molecule has 6 aliphatic rings. The molecule has 2 unspecified atom stereocenters. The summed E-state index contributed by atoms with van der Waals surface area (Å²) in [5.41, 5.74) is 2.73. The normalized spacial score (nSPS) is 30.1. The van der Waals surface area contributed by atoms with Gasteiger partial charge in [0.15, 0.2) is 10.9 Å². The van der Waals surface area contributed by atoms with Gasteiger partial charge in [-0.2, -0.15) is 0 Å². The summed E-state index contributed by atoms with van der Waals surface area (Å²) in [4.78, 5) is 33.5. The van der Waals surface area contributed by atoms with Gasteiger partial charge >= 0.3 is 11.9 Å². The predicted octanol–water partition coefficient (Wildman–Crippen LogP) is 6.54. The third-order valence-electron chi connectivity index (χ3n) is 10.7. The van der Waals surface area contributed by atoms with Crippen LogP contribution in [0.5, 0.6) is 5.75 Å². The molecule has 10 heteroatoms. The zero-order chi connectivity index (χ0) is 28.6. The Morgan fingerprint density at radius 1 is 0.976 bits per heavy atom. The lowest BCUT2D eigenvalue weighted by Gasteiger charge is -2.45. The van der Waals surface area contributed by atoms with Crippen molar-refractivity contribution in [1.29, 1.82) is 0 Å².